The van der Waals surface area contributed by atoms with Crippen molar-refractivity contribution >= 4 is 5.97 Å². The van der Waals surface area contributed by atoms with Gasteiger partial charge in [-0.1, -0.05) is 0 Å². The number of rotatable bonds is 5. The largest absolute Gasteiger partial charge is 0.480 e. The average molecular weight is 239 g/mol. The molecule has 17 heavy (non-hydrogen) atoms. The molecular formula is C10H13N3O4. The Labute approximate surface area is 97.5 Å². The summed E-state index contributed by atoms with van der Waals surface area (Å²) in [5.74, 6) is -1.05. The zero-order valence-corrected chi connectivity index (χ0v) is 9.19. The predicted octanol–water partition coefficient (Wildman–Crippen LogP) is -0.163. The highest BCUT2D eigenvalue weighted by Gasteiger charge is 2.21. The number of carboxylic acids is 1. The quantitative estimate of drug-likeness (QED) is 0.656. The molecule has 1 heterocycles. The van der Waals surface area contributed by atoms with Crippen molar-refractivity contribution < 1.29 is 20.1 Å². The van der Waals surface area contributed by atoms with Gasteiger partial charge in [0.2, 0.25) is 0 Å². The number of aromatic nitrogens is 2. The van der Waals surface area contributed by atoms with E-state index in [9.17, 15) is 15.0 Å². The van der Waals surface area contributed by atoms with Crippen LogP contribution in [0.2, 0.25) is 0 Å². The third kappa shape index (κ3) is 3.03. The van der Waals surface area contributed by atoms with Crippen molar-refractivity contribution in [2.24, 2.45) is 0 Å². The minimum absolute atomic E-state index is 0.208. The van der Waals surface area contributed by atoms with E-state index in [-0.39, 0.29) is 12.0 Å². The van der Waals surface area contributed by atoms with Crippen LogP contribution in [0.15, 0.2) is 12.4 Å². The fraction of sp³-hybridized carbons (Fsp3) is 0.500. The molecule has 0 bridgehead atoms. The zero-order valence-electron chi connectivity index (χ0n) is 9.19. The molecule has 1 rings (SSSR count). The molecule has 0 amide bonds. The summed E-state index contributed by atoms with van der Waals surface area (Å²) in [5.41, 5.74) is 0.279. The maximum absolute atomic E-state index is 10.7. The van der Waals surface area contributed by atoms with E-state index in [2.05, 4.69) is 5.10 Å². The van der Waals surface area contributed by atoms with Crippen LogP contribution in [0.1, 0.15) is 31.1 Å². The van der Waals surface area contributed by atoms with Crippen molar-refractivity contribution in [1.82, 2.24) is 9.78 Å². The normalized spacial score (nSPS) is 15.9. The Morgan fingerprint density at radius 1 is 1.65 bits per heavy atom. The van der Waals surface area contributed by atoms with Crippen LogP contribution in [0.3, 0.4) is 0 Å². The number of carboxylic acid groups (broad SMARTS) is 1. The van der Waals surface area contributed by atoms with Crippen LogP contribution in [0.4, 0.5) is 0 Å². The molecule has 0 fully saturated rings. The summed E-state index contributed by atoms with van der Waals surface area (Å²) in [5, 5.41) is 40.0. The van der Waals surface area contributed by atoms with Crippen molar-refractivity contribution in [1.29, 1.82) is 5.26 Å². The molecule has 92 valence electrons. The SMILES string of the molecule is C[C@@H](C(=O)O)n1cc(C(O)C(O)CC#N)cn1. The standard InChI is InChI=1S/C10H13N3O4/c1-6(10(16)17)13-5-7(4-12-13)9(15)8(14)2-3-11/h4-6,8-9,14-15H,2H2,1H3,(H,16,17)/t6-,8?,9?/m0/s1. The molecule has 0 radical (unpaired) electrons. The minimum Gasteiger partial charge on any atom is -0.480 e. The van der Waals surface area contributed by atoms with Crippen LogP contribution in [-0.4, -0.2) is 37.2 Å². The van der Waals surface area contributed by atoms with Gasteiger partial charge in [-0.25, -0.2) is 4.79 Å². The first-order chi connectivity index (χ1) is 7.97. The van der Waals surface area contributed by atoms with E-state index in [1.54, 1.807) is 6.07 Å². The Bertz CT molecular complexity index is 437. The maximum atomic E-state index is 10.7. The summed E-state index contributed by atoms with van der Waals surface area (Å²) in [6, 6.07) is 0.877. The third-order valence-corrected chi connectivity index (χ3v) is 2.38. The van der Waals surface area contributed by atoms with Gasteiger partial charge in [0.05, 0.1) is 24.8 Å². The van der Waals surface area contributed by atoms with E-state index in [1.807, 2.05) is 0 Å². The summed E-state index contributed by atoms with van der Waals surface area (Å²) in [6.45, 7) is 1.44. The second-order valence-electron chi connectivity index (χ2n) is 3.64. The fourth-order valence-electron chi connectivity index (χ4n) is 1.26. The summed E-state index contributed by atoms with van der Waals surface area (Å²) in [4.78, 5) is 10.7. The molecule has 7 nitrogen and oxygen atoms in total. The van der Waals surface area contributed by atoms with Gasteiger partial charge in [-0.15, -0.1) is 0 Å². The van der Waals surface area contributed by atoms with Crippen molar-refractivity contribution in [2.75, 3.05) is 0 Å². The summed E-state index contributed by atoms with van der Waals surface area (Å²) >= 11 is 0. The molecule has 1 aromatic rings. The lowest BCUT2D eigenvalue weighted by Crippen LogP contribution is -2.18. The number of hydrogen-bond acceptors (Lipinski definition) is 5. The van der Waals surface area contributed by atoms with Crippen molar-refractivity contribution in [3.8, 4) is 6.07 Å². The topological polar surface area (TPSA) is 119 Å². The Hall–Kier alpha value is -1.91. The number of carbonyl (C=O) groups is 1. The van der Waals surface area contributed by atoms with Crippen LogP contribution < -0.4 is 0 Å². The van der Waals surface area contributed by atoms with Gasteiger partial charge in [-0.05, 0) is 6.92 Å². The second kappa shape index (κ2) is 5.43. The molecule has 0 aromatic carbocycles. The van der Waals surface area contributed by atoms with Gasteiger partial charge in [0.25, 0.3) is 0 Å². The van der Waals surface area contributed by atoms with Gasteiger partial charge in [-0.3, -0.25) is 4.68 Å². The monoisotopic (exact) mass is 239 g/mol. The lowest BCUT2D eigenvalue weighted by Gasteiger charge is -2.13. The summed E-state index contributed by atoms with van der Waals surface area (Å²) in [7, 11) is 0. The molecular weight excluding hydrogens is 226 g/mol. The van der Waals surface area contributed by atoms with E-state index in [4.69, 9.17) is 10.4 Å². The highest BCUT2D eigenvalue weighted by Crippen LogP contribution is 2.19. The number of aliphatic carboxylic acids is 1. The van der Waals surface area contributed by atoms with E-state index in [0.717, 1.165) is 0 Å². The number of nitrogens with zero attached hydrogens (tertiary/aromatic N) is 3. The Morgan fingerprint density at radius 2 is 2.29 bits per heavy atom. The van der Waals surface area contributed by atoms with Crippen LogP contribution in [0, 0.1) is 11.3 Å². The minimum atomic E-state index is -1.25. The third-order valence-electron chi connectivity index (χ3n) is 2.38. The highest BCUT2D eigenvalue weighted by atomic mass is 16.4. The molecule has 0 saturated heterocycles. The van der Waals surface area contributed by atoms with Crippen molar-refractivity contribution in [3.63, 3.8) is 0 Å². The van der Waals surface area contributed by atoms with Crippen LogP contribution in [0.25, 0.3) is 0 Å². The van der Waals surface area contributed by atoms with Crippen molar-refractivity contribution in [3.05, 3.63) is 18.0 Å². The van der Waals surface area contributed by atoms with Gasteiger partial charge in [-0.2, -0.15) is 10.4 Å². The van der Waals surface area contributed by atoms with Crippen LogP contribution in [0.5, 0.6) is 0 Å². The highest BCUT2D eigenvalue weighted by molar-refractivity contribution is 5.71. The molecule has 3 atom stereocenters. The van der Waals surface area contributed by atoms with Gasteiger partial charge in [0.1, 0.15) is 12.1 Å². The van der Waals surface area contributed by atoms with Crippen molar-refractivity contribution in [2.45, 2.75) is 31.6 Å². The van der Waals surface area contributed by atoms with Crippen LogP contribution >= 0.6 is 0 Å². The van der Waals surface area contributed by atoms with Crippen LogP contribution in [-0.2, 0) is 4.79 Å². The number of aliphatic hydroxyl groups is 2. The van der Waals surface area contributed by atoms with Gasteiger partial charge >= 0.3 is 5.97 Å². The van der Waals surface area contributed by atoms with Gasteiger partial charge in [0.15, 0.2) is 0 Å². The van der Waals surface area contributed by atoms with Gasteiger partial charge < -0.3 is 15.3 Å². The Kier molecular flexibility index (Phi) is 4.20. The first-order valence-electron chi connectivity index (χ1n) is 4.97. The van der Waals surface area contributed by atoms with E-state index >= 15 is 0 Å². The lowest BCUT2D eigenvalue weighted by atomic mass is 10.1. The number of hydrogen-bond donors (Lipinski definition) is 3. The Morgan fingerprint density at radius 3 is 2.82 bits per heavy atom. The van der Waals surface area contributed by atoms with E-state index in [0.29, 0.717) is 0 Å². The van der Waals surface area contributed by atoms with E-state index < -0.39 is 24.2 Å². The van der Waals surface area contributed by atoms with E-state index in [1.165, 1.54) is 24.0 Å². The maximum Gasteiger partial charge on any atom is 0.328 e. The second-order valence-corrected chi connectivity index (χ2v) is 3.64. The van der Waals surface area contributed by atoms with Gasteiger partial charge in [0, 0.05) is 11.8 Å². The average Bonchev–Trinajstić information content (AvgIpc) is 2.76. The number of aliphatic hydroxyl groups excluding tert-OH is 2. The molecule has 0 spiro atoms. The summed E-state index contributed by atoms with van der Waals surface area (Å²) in [6.07, 6.45) is -0.0579. The zero-order chi connectivity index (χ0) is 13.0. The lowest BCUT2D eigenvalue weighted by molar-refractivity contribution is -0.140. The predicted molar refractivity (Wildman–Crippen MR) is 55.8 cm³/mol. The smallest absolute Gasteiger partial charge is 0.328 e. The molecule has 3 N–H and O–H groups in total. The first-order valence-corrected chi connectivity index (χ1v) is 4.97. The fourth-order valence-corrected chi connectivity index (χ4v) is 1.26. The molecule has 2 unspecified atom stereocenters. The molecule has 0 saturated carbocycles. The molecule has 0 aliphatic rings. The Balaban J connectivity index is 2.81. The summed E-state index contributed by atoms with van der Waals surface area (Å²) < 4.78 is 1.17. The molecule has 7 heteroatoms. The molecule has 1 aromatic heterocycles. The molecule has 0 aliphatic carbocycles. The number of nitriles is 1. The first kappa shape index (κ1) is 13.2. The molecule has 0 aliphatic heterocycles.